The van der Waals surface area contributed by atoms with Crippen molar-refractivity contribution in [2.75, 3.05) is 5.73 Å². The molecule has 0 saturated heterocycles. The average Bonchev–Trinajstić information content (AvgIpc) is 3.80. The van der Waals surface area contributed by atoms with Gasteiger partial charge in [-0.25, -0.2) is 19.6 Å². The van der Waals surface area contributed by atoms with E-state index in [-0.39, 0.29) is 57.4 Å². The van der Waals surface area contributed by atoms with E-state index in [2.05, 4.69) is 15.4 Å². The molecule has 1 aliphatic rings. The first-order valence-electron chi connectivity index (χ1n) is 14.1. The molecular formula is C32H24F2N8O4. The van der Waals surface area contributed by atoms with Crippen LogP contribution in [-0.2, 0) is 6.42 Å². The number of imidazole rings is 1. The first-order chi connectivity index (χ1) is 22.3. The molecule has 12 nitrogen and oxygen atoms in total. The van der Waals surface area contributed by atoms with Crippen LogP contribution in [0.25, 0.3) is 34.1 Å². The topological polar surface area (TPSA) is 163 Å². The van der Waals surface area contributed by atoms with E-state index >= 15 is 0 Å². The Morgan fingerprint density at radius 2 is 1.98 bits per heavy atom. The number of phenolic OH excluding ortho intramolecular Hbond substituents is 1. The Bertz CT molecular complexity index is 2130. The smallest absolute Gasteiger partial charge is 0.387 e. The fourth-order valence-electron chi connectivity index (χ4n) is 5.67. The number of hydrogen-bond acceptors (Lipinski definition) is 9. The van der Waals surface area contributed by atoms with Crippen LogP contribution >= 0.6 is 0 Å². The van der Waals surface area contributed by atoms with E-state index in [1.165, 1.54) is 41.3 Å². The number of pyridine rings is 2. The lowest BCUT2D eigenvalue weighted by atomic mass is 10.1. The largest absolute Gasteiger partial charge is 0.507 e. The fraction of sp³-hybridized carbons (Fsp3) is 0.125. The zero-order chi connectivity index (χ0) is 31.9. The van der Waals surface area contributed by atoms with Gasteiger partial charge >= 0.3 is 6.61 Å². The molecule has 0 aliphatic heterocycles. The van der Waals surface area contributed by atoms with Crippen LogP contribution in [0.3, 0.4) is 0 Å². The van der Waals surface area contributed by atoms with Crippen LogP contribution in [0, 0.1) is 0 Å². The van der Waals surface area contributed by atoms with E-state index in [9.17, 15) is 23.5 Å². The van der Waals surface area contributed by atoms with Gasteiger partial charge in [-0.15, -0.1) is 0 Å². The minimum atomic E-state index is -3.12. The second-order valence-corrected chi connectivity index (χ2v) is 10.5. The average molecular weight is 623 g/mol. The molecule has 4 N–H and O–H groups in total. The highest BCUT2D eigenvalue weighted by Crippen LogP contribution is 2.38. The second-order valence-electron chi connectivity index (χ2n) is 10.5. The normalized spacial score (nSPS) is 14.0. The number of aromatic hydroxyl groups is 1. The molecule has 0 fully saturated rings. The summed E-state index contributed by atoms with van der Waals surface area (Å²) in [7, 11) is 0. The lowest BCUT2D eigenvalue weighted by Gasteiger charge is -2.16. The number of aromatic nitrogens is 6. The van der Waals surface area contributed by atoms with Gasteiger partial charge in [-0.3, -0.25) is 14.2 Å². The molecule has 0 radical (unpaired) electrons. The molecule has 230 valence electrons. The van der Waals surface area contributed by atoms with Gasteiger partial charge in [0.1, 0.15) is 11.6 Å². The molecule has 0 spiro atoms. The van der Waals surface area contributed by atoms with Gasteiger partial charge in [0.2, 0.25) is 0 Å². The number of nitrogens with two attached hydrogens (primary N) is 1. The Kier molecular flexibility index (Phi) is 7.08. The summed E-state index contributed by atoms with van der Waals surface area (Å²) in [5.74, 6) is -0.0602. The van der Waals surface area contributed by atoms with E-state index in [1.807, 2.05) is 18.2 Å². The van der Waals surface area contributed by atoms with Gasteiger partial charge in [0, 0.05) is 35.9 Å². The quantitative estimate of drug-likeness (QED) is 0.203. The van der Waals surface area contributed by atoms with E-state index in [1.54, 1.807) is 29.0 Å². The fourth-order valence-corrected chi connectivity index (χ4v) is 5.67. The SMILES string of the molecule is Nc1ncccc1-c1nc2c(OC(F)F)cc(-n3cccn3)nc2n1-c1ccc2c(c1)CC[C@@H]2NC(=O)c1ccc(O)c(C=O)c1. The van der Waals surface area contributed by atoms with Crippen LogP contribution in [0.1, 0.15) is 44.3 Å². The molecule has 0 bridgehead atoms. The number of carbonyl (C=O) groups excluding carboxylic acids is 2. The van der Waals surface area contributed by atoms with E-state index in [0.29, 0.717) is 36.2 Å². The van der Waals surface area contributed by atoms with Crippen LogP contribution in [0.2, 0.25) is 0 Å². The first-order valence-corrected chi connectivity index (χ1v) is 14.1. The molecule has 0 unspecified atom stereocenters. The molecule has 46 heavy (non-hydrogen) atoms. The van der Waals surface area contributed by atoms with Gasteiger partial charge in [0.25, 0.3) is 5.91 Å². The summed E-state index contributed by atoms with van der Waals surface area (Å²) >= 11 is 0. The molecule has 4 aromatic heterocycles. The third-order valence-corrected chi connectivity index (χ3v) is 7.79. The number of aryl methyl sites for hydroxylation is 1. The van der Waals surface area contributed by atoms with E-state index in [4.69, 9.17) is 20.4 Å². The summed E-state index contributed by atoms with van der Waals surface area (Å²) in [6.07, 6.45) is 6.43. The van der Waals surface area contributed by atoms with Crippen molar-refractivity contribution in [2.45, 2.75) is 25.5 Å². The Labute approximate surface area is 259 Å². The van der Waals surface area contributed by atoms with Crippen molar-refractivity contribution in [3.63, 3.8) is 0 Å². The monoisotopic (exact) mass is 622 g/mol. The highest BCUT2D eigenvalue weighted by Gasteiger charge is 2.28. The number of nitrogen functional groups attached to an aromatic ring is 1. The summed E-state index contributed by atoms with van der Waals surface area (Å²) in [6.45, 7) is -3.12. The summed E-state index contributed by atoms with van der Waals surface area (Å²) in [5.41, 5.74) is 9.75. The van der Waals surface area contributed by atoms with Gasteiger partial charge in [0.15, 0.2) is 34.8 Å². The molecule has 1 aliphatic carbocycles. The zero-order valence-corrected chi connectivity index (χ0v) is 23.8. The Morgan fingerprint density at radius 3 is 2.74 bits per heavy atom. The maximum Gasteiger partial charge on any atom is 0.387 e. The molecular weight excluding hydrogens is 598 g/mol. The summed E-state index contributed by atoms with van der Waals surface area (Å²) in [6, 6.07) is 15.8. The minimum Gasteiger partial charge on any atom is -0.507 e. The van der Waals surface area contributed by atoms with Gasteiger partial charge in [-0.1, -0.05) is 6.07 Å². The number of carbonyl (C=O) groups is 2. The van der Waals surface area contributed by atoms with Crippen LogP contribution in [0.5, 0.6) is 11.5 Å². The van der Waals surface area contributed by atoms with Crippen molar-refractivity contribution in [1.29, 1.82) is 0 Å². The van der Waals surface area contributed by atoms with Crippen molar-refractivity contribution in [2.24, 2.45) is 0 Å². The number of nitrogens with one attached hydrogen (secondary N) is 1. The number of alkyl halides is 2. The zero-order valence-electron chi connectivity index (χ0n) is 23.8. The first kappa shape index (κ1) is 28.6. The maximum absolute atomic E-state index is 13.6. The highest BCUT2D eigenvalue weighted by molar-refractivity contribution is 5.97. The Balaban J connectivity index is 1.34. The van der Waals surface area contributed by atoms with Crippen molar-refractivity contribution in [3.05, 3.63) is 102 Å². The minimum absolute atomic E-state index is 0.0214. The lowest BCUT2D eigenvalue weighted by Crippen LogP contribution is -2.27. The standard InChI is InChI=1S/C32H24F2N8O4/c33-32(34)46-25-15-26(41-12-2-11-37-41)39-30-27(25)40-29(22-3-1-10-36-28(22)35)42(30)20-6-7-21-17(14-20)4-8-23(21)38-31(45)18-5-9-24(44)19(13-18)16-43/h1-3,5-7,9-16,23,32,44H,4,8H2,(H2,35,36)(H,38,45)/t23-/m0/s1. The summed E-state index contributed by atoms with van der Waals surface area (Å²) in [5, 5.41) is 17.0. The van der Waals surface area contributed by atoms with Crippen molar-refractivity contribution in [3.8, 4) is 34.4 Å². The van der Waals surface area contributed by atoms with Gasteiger partial charge < -0.3 is 20.9 Å². The number of rotatable bonds is 8. The molecule has 0 saturated carbocycles. The molecule has 4 heterocycles. The number of aldehydes is 1. The molecule has 6 aromatic rings. The summed E-state index contributed by atoms with van der Waals surface area (Å²) in [4.78, 5) is 37.9. The second kappa shape index (κ2) is 11.4. The van der Waals surface area contributed by atoms with Crippen LogP contribution < -0.4 is 15.8 Å². The van der Waals surface area contributed by atoms with E-state index < -0.39 is 6.61 Å². The number of fused-ring (bicyclic) bond motifs is 2. The van der Waals surface area contributed by atoms with Crippen LogP contribution in [0.15, 0.2) is 79.3 Å². The number of nitrogens with zero attached hydrogens (tertiary/aromatic N) is 6. The van der Waals surface area contributed by atoms with Gasteiger partial charge in [-0.05, 0) is 72.5 Å². The maximum atomic E-state index is 13.6. The Morgan fingerprint density at radius 1 is 1.11 bits per heavy atom. The Hall–Kier alpha value is -6.18. The number of halogens is 2. The lowest BCUT2D eigenvalue weighted by molar-refractivity contribution is -0.0489. The predicted octanol–water partition coefficient (Wildman–Crippen LogP) is 4.79. The summed E-state index contributed by atoms with van der Waals surface area (Å²) < 4.78 is 35.2. The van der Waals surface area contributed by atoms with Crippen molar-refractivity contribution >= 4 is 29.2 Å². The van der Waals surface area contributed by atoms with Crippen LogP contribution in [-0.4, -0.2) is 53.2 Å². The van der Waals surface area contributed by atoms with Gasteiger partial charge in [-0.2, -0.15) is 13.9 Å². The number of benzene rings is 2. The number of anilines is 1. The molecule has 2 aromatic carbocycles. The highest BCUT2D eigenvalue weighted by atomic mass is 19.3. The van der Waals surface area contributed by atoms with E-state index in [0.717, 1.165) is 11.1 Å². The molecule has 14 heteroatoms. The van der Waals surface area contributed by atoms with Gasteiger partial charge in [0.05, 0.1) is 17.2 Å². The predicted molar refractivity (Wildman–Crippen MR) is 162 cm³/mol. The number of amides is 1. The van der Waals surface area contributed by atoms with Crippen LogP contribution in [0.4, 0.5) is 14.6 Å². The third-order valence-electron chi connectivity index (χ3n) is 7.79. The van der Waals surface area contributed by atoms with Crippen molar-refractivity contribution < 1.29 is 28.2 Å². The molecule has 1 atom stereocenters. The number of hydrogen-bond donors (Lipinski definition) is 3. The molecule has 7 rings (SSSR count). The number of phenols is 1. The third kappa shape index (κ3) is 5.04. The molecule has 1 amide bonds. The van der Waals surface area contributed by atoms with Crippen molar-refractivity contribution in [1.82, 2.24) is 34.6 Å². The number of ether oxygens (including phenoxy) is 1.